The Morgan fingerprint density at radius 3 is 0.537 bits per heavy atom. The predicted octanol–water partition coefficient (Wildman–Crippen LogP) is 11.1. The molecule has 0 fully saturated rings. The topological polar surface area (TPSA) is 0 Å². The molecule has 0 bridgehead atoms. The molecule has 0 spiro atoms. The fourth-order valence-corrected chi connectivity index (χ4v) is 37.2. The maximum atomic E-state index is 6.89. The third kappa shape index (κ3) is 5.22. The minimum absolute atomic E-state index is 0. The predicted molar refractivity (Wildman–Crippen MR) is 258 cm³/mol. The van der Waals surface area contributed by atoms with Crippen molar-refractivity contribution in [3.8, 4) is 0 Å². The first kappa shape index (κ1) is 40.1. The van der Waals surface area contributed by atoms with E-state index < -0.39 is 12.6 Å². The second-order valence-electron chi connectivity index (χ2n) is 13.1. The summed E-state index contributed by atoms with van der Waals surface area (Å²) in [5.74, 6) is 0. The molecule has 0 aliphatic carbocycles. The van der Waals surface area contributed by atoms with Gasteiger partial charge in [0.1, 0.15) is 0 Å². The summed E-state index contributed by atoms with van der Waals surface area (Å²) < 4.78 is 0. The van der Waals surface area contributed by atoms with Crippen molar-refractivity contribution < 1.29 is 0 Å². The summed E-state index contributed by atoms with van der Waals surface area (Å²) >= 11 is 13.8. The Kier molecular flexibility index (Phi) is 12.1. The number of halogens is 4. The van der Waals surface area contributed by atoms with Gasteiger partial charge < -0.3 is 0 Å². The van der Waals surface area contributed by atoms with Crippen LogP contribution in [0.3, 0.4) is 0 Å². The molecule has 8 rings (SSSR count). The van der Waals surface area contributed by atoms with E-state index in [2.05, 4.69) is 231 Å². The first-order valence-electron chi connectivity index (χ1n) is 17.5. The van der Waals surface area contributed by atoms with Gasteiger partial charge in [-0.1, -0.05) is 0 Å². The molecule has 0 unspecified atom stereocenters. The van der Waals surface area contributed by atoms with Gasteiger partial charge in [0.2, 0.25) is 0 Å². The van der Waals surface area contributed by atoms with Crippen LogP contribution in [0.1, 0.15) is 0 Å². The third-order valence-corrected chi connectivity index (χ3v) is 33.9. The smallest absolute Gasteiger partial charge is 0.107 e. The van der Waals surface area contributed by atoms with E-state index in [1.807, 2.05) is 0 Å². The maximum Gasteiger partial charge on any atom is -0.107 e. The van der Waals surface area contributed by atoms with Crippen LogP contribution < -0.4 is 42.4 Å². The van der Waals surface area contributed by atoms with Gasteiger partial charge in [0.25, 0.3) is 0 Å². The average Bonchev–Trinajstić information content (AvgIpc) is 3.23. The fourth-order valence-electron chi connectivity index (χ4n) is 9.41. The van der Waals surface area contributed by atoms with E-state index in [1.54, 1.807) is 0 Å². The molecule has 0 heterocycles. The van der Waals surface area contributed by atoms with Gasteiger partial charge in [-0.25, -0.2) is 0 Å². The van der Waals surface area contributed by atoms with Gasteiger partial charge in [0.05, 0.1) is 0 Å². The van der Waals surface area contributed by atoms with Crippen molar-refractivity contribution in [2.45, 2.75) is 0 Å². The van der Waals surface area contributed by atoms with Crippen molar-refractivity contribution in [3.05, 3.63) is 241 Å². The van der Waals surface area contributed by atoms with Crippen molar-refractivity contribution in [3.63, 3.8) is 0 Å². The summed E-state index contributed by atoms with van der Waals surface area (Å²) in [4.78, 5) is 0. The Labute approximate surface area is 356 Å². The second kappa shape index (κ2) is 16.3. The molecule has 0 amide bonds. The Morgan fingerprint density at radius 1 is 0.222 bits per heavy atom. The van der Waals surface area contributed by atoms with E-state index in [-0.39, 0.29) is 41.0 Å². The Bertz CT molecular complexity index is 2040. The molecule has 8 aromatic carbocycles. The molecule has 0 radical (unpaired) electrons. The molecular formula is C48H40BrCl2IP2. The van der Waals surface area contributed by atoms with E-state index in [0.29, 0.717) is 10.0 Å². The molecule has 0 nitrogen and oxygen atoms in total. The van der Waals surface area contributed by atoms with Gasteiger partial charge in [-0.2, -0.15) is 0 Å². The van der Waals surface area contributed by atoms with Crippen LogP contribution in [0.5, 0.6) is 0 Å². The van der Waals surface area contributed by atoms with E-state index in [4.69, 9.17) is 23.2 Å². The number of benzene rings is 8. The SMILES string of the molecule is Br.Clc1ccc(P(c2ccccc2)(c2ccccc2)(c2ccccc2)P(c2ccccc2)(c2ccccc2)(c2ccccc2)c2ccc(Cl)cc2)cc1.I. The summed E-state index contributed by atoms with van der Waals surface area (Å²) in [6.45, 7) is 0. The second-order valence-corrected chi connectivity index (χ2v) is 27.2. The van der Waals surface area contributed by atoms with Crippen molar-refractivity contribution in [2.24, 2.45) is 0 Å². The van der Waals surface area contributed by atoms with Crippen LogP contribution >= 0.6 is 76.7 Å². The molecule has 6 heteroatoms. The molecule has 0 saturated carbocycles. The van der Waals surface area contributed by atoms with Crippen LogP contribution in [-0.4, -0.2) is 0 Å². The van der Waals surface area contributed by atoms with E-state index in [9.17, 15) is 0 Å². The zero-order chi connectivity index (χ0) is 35.5. The van der Waals surface area contributed by atoms with E-state index >= 15 is 0 Å². The zero-order valence-corrected chi connectivity index (χ0v) is 36.8. The van der Waals surface area contributed by atoms with Gasteiger partial charge >= 0.3 is 319 Å². The summed E-state index contributed by atoms with van der Waals surface area (Å²) in [6.07, 6.45) is -8.68. The van der Waals surface area contributed by atoms with Gasteiger partial charge in [0.15, 0.2) is 0 Å². The Balaban J connectivity index is 0.00000249. The normalized spacial score (nSPS) is 12.8. The van der Waals surface area contributed by atoms with Crippen molar-refractivity contribution >= 4 is 119 Å². The molecule has 0 saturated heterocycles. The molecule has 54 heavy (non-hydrogen) atoms. The fraction of sp³-hybridized carbons (Fsp3) is 0. The number of hydrogen-bond acceptors (Lipinski definition) is 0. The first-order valence-corrected chi connectivity index (χ1v) is 23.4. The van der Waals surface area contributed by atoms with Crippen LogP contribution in [0.4, 0.5) is 0 Å². The third-order valence-electron chi connectivity index (χ3n) is 11.0. The minimum atomic E-state index is -4.34. The molecule has 0 aliphatic heterocycles. The molecular weight excluding hydrogens is 916 g/mol. The largest absolute Gasteiger partial charge is 0.107 e. The average molecular weight is 957 g/mol. The van der Waals surface area contributed by atoms with Crippen molar-refractivity contribution in [2.75, 3.05) is 0 Å². The van der Waals surface area contributed by atoms with Gasteiger partial charge in [-0.15, -0.1) is 41.0 Å². The van der Waals surface area contributed by atoms with E-state index in [1.165, 1.54) is 42.4 Å². The molecule has 0 aromatic heterocycles. The quantitative estimate of drug-likeness (QED) is 0.0999. The Morgan fingerprint density at radius 2 is 0.370 bits per heavy atom. The van der Waals surface area contributed by atoms with Crippen LogP contribution in [0.15, 0.2) is 231 Å². The molecule has 0 aliphatic rings. The van der Waals surface area contributed by atoms with Gasteiger partial charge in [-0.3, -0.25) is 0 Å². The molecule has 0 atom stereocenters. The number of rotatable bonds is 9. The maximum absolute atomic E-state index is 6.89. The van der Waals surface area contributed by atoms with Crippen LogP contribution in [0, 0.1) is 0 Å². The minimum Gasteiger partial charge on any atom is -0.107 e. The van der Waals surface area contributed by atoms with Crippen LogP contribution in [0.2, 0.25) is 10.0 Å². The van der Waals surface area contributed by atoms with Crippen molar-refractivity contribution in [1.29, 1.82) is 0 Å². The number of hydrogen-bond donors (Lipinski definition) is 0. The molecule has 8 aromatic rings. The van der Waals surface area contributed by atoms with Gasteiger partial charge in [0, 0.05) is 0 Å². The zero-order valence-electron chi connectivity index (χ0n) is 29.4. The van der Waals surface area contributed by atoms with Crippen LogP contribution in [0.25, 0.3) is 0 Å². The Hall–Kier alpha value is -3.59. The van der Waals surface area contributed by atoms with Crippen LogP contribution in [-0.2, 0) is 0 Å². The molecule has 270 valence electrons. The monoisotopic (exact) mass is 954 g/mol. The van der Waals surface area contributed by atoms with Crippen molar-refractivity contribution in [1.82, 2.24) is 0 Å². The van der Waals surface area contributed by atoms with Gasteiger partial charge in [-0.05, 0) is 0 Å². The first-order chi connectivity index (χ1) is 25.6. The summed E-state index contributed by atoms with van der Waals surface area (Å²) in [5, 5.41) is 11.4. The van der Waals surface area contributed by atoms with E-state index in [0.717, 1.165) is 0 Å². The molecule has 0 N–H and O–H groups in total. The summed E-state index contributed by atoms with van der Waals surface area (Å²) in [7, 11) is 0. The standard InChI is InChI=1S/C48H38Cl2P2.BrH.HI/c49-39-31-35-47(36-32-39)51(41-19-7-1-8-20-41,42-21-9-2-10-22-42,43-23-11-3-12-24-43)52(44-25-13-4-14-26-44,45-27-15-5-16-28-45,46-29-17-6-18-30-46)48-37-33-40(50)34-38-48;;/h1-38H;2*1H. The summed E-state index contributed by atoms with van der Waals surface area (Å²) in [6, 6.07) is 85.7. The summed E-state index contributed by atoms with van der Waals surface area (Å²) in [5.41, 5.74) is 0.